The first-order valence-electron chi connectivity index (χ1n) is 8.50. The number of nitrogens with zero attached hydrogens (tertiary/aromatic N) is 3. The second kappa shape index (κ2) is 6.69. The van der Waals surface area contributed by atoms with Gasteiger partial charge in [0, 0.05) is 4.90 Å². The molecule has 2 heterocycles. The van der Waals surface area contributed by atoms with Crippen molar-refractivity contribution in [3.8, 4) is 5.69 Å². The maximum Gasteiger partial charge on any atom is 0.322 e. The van der Waals surface area contributed by atoms with E-state index in [1.807, 2.05) is 30.5 Å². The van der Waals surface area contributed by atoms with E-state index in [0.29, 0.717) is 0 Å². The fraction of sp³-hybridized carbons (Fsp3) is 0.353. The van der Waals surface area contributed by atoms with E-state index >= 15 is 0 Å². The highest BCUT2D eigenvalue weighted by Gasteiger charge is 2.56. The fourth-order valence-electron chi connectivity index (χ4n) is 3.15. The second-order valence-corrected chi connectivity index (χ2v) is 7.43. The monoisotopic (exact) mass is 386 g/mol. The number of thioether (sulfide) groups is 1. The molecule has 4 rings (SSSR count). The maximum atomic E-state index is 12.4. The number of rotatable bonds is 6. The lowest BCUT2D eigenvalue weighted by molar-refractivity contribution is -0.124. The molecule has 0 spiro atoms. The van der Waals surface area contributed by atoms with Gasteiger partial charge >= 0.3 is 6.03 Å². The molecule has 140 valence electrons. The Morgan fingerprint density at radius 1 is 1.33 bits per heavy atom. The van der Waals surface area contributed by atoms with Crippen molar-refractivity contribution in [2.75, 3.05) is 12.8 Å². The smallest absolute Gasteiger partial charge is 0.322 e. The maximum absolute atomic E-state index is 12.4. The van der Waals surface area contributed by atoms with Crippen LogP contribution in [-0.2, 0) is 4.79 Å². The number of amides is 4. The zero-order valence-electron chi connectivity index (χ0n) is 14.6. The lowest BCUT2D eigenvalue weighted by Gasteiger charge is -2.25. The molecule has 1 aromatic heterocycles. The molecule has 1 aliphatic carbocycles. The third-order valence-corrected chi connectivity index (χ3v) is 5.54. The van der Waals surface area contributed by atoms with E-state index in [-0.39, 0.29) is 18.2 Å². The first-order chi connectivity index (χ1) is 13.0. The largest absolute Gasteiger partial charge is 0.348 e. The van der Waals surface area contributed by atoms with E-state index in [4.69, 9.17) is 0 Å². The topological polar surface area (TPSA) is 118 Å². The number of hydrogen-bond acceptors (Lipinski definition) is 6. The van der Waals surface area contributed by atoms with E-state index in [1.54, 1.807) is 11.8 Å². The van der Waals surface area contributed by atoms with Crippen LogP contribution in [0, 0.1) is 5.92 Å². The molecule has 2 aliphatic rings. The van der Waals surface area contributed by atoms with Gasteiger partial charge in [0.15, 0.2) is 5.69 Å². The number of imide groups is 1. The Hall–Kier alpha value is -2.88. The Morgan fingerprint density at radius 2 is 2.07 bits per heavy atom. The van der Waals surface area contributed by atoms with Crippen LogP contribution in [0.25, 0.3) is 5.69 Å². The third-order valence-electron chi connectivity index (χ3n) is 4.80. The van der Waals surface area contributed by atoms with Crippen LogP contribution in [0.5, 0.6) is 0 Å². The van der Waals surface area contributed by atoms with Crippen LogP contribution in [-0.4, -0.2) is 51.2 Å². The van der Waals surface area contributed by atoms with Crippen LogP contribution in [0.2, 0.25) is 0 Å². The highest BCUT2D eigenvalue weighted by molar-refractivity contribution is 7.98. The SMILES string of the molecule is CSc1ccc(-n2ncc(C(=O)NC[C@@]3(C4CC4)NC(=O)NC3=O)n2)cc1. The molecule has 1 aromatic carbocycles. The lowest BCUT2D eigenvalue weighted by Crippen LogP contribution is -2.57. The molecule has 27 heavy (non-hydrogen) atoms. The number of carbonyl (C=O) groups excluding carboxylic acids is 3. The van der Waals surface area contributed by atoms with Crippen molar-refractivity contribution >= 4 is 29.6 Å². The van der Waals surface area contributed by atoms with Crippen molar-refractivity contribution in [2.24, 2.45) is 5.92 Å². The van der Waals surface area contributed by atoms with Crippen LogP contribution in [0.1, 0.15) is 23.3 Å². The van der Waals surface area contributed by atoms with E-state index in [1.165, 1.54) is 11.0 Å². The fourth-order valence-corrected chi connectivity index (χ4v) is 3.56. The number of urea groups is 1. The van der Waals surface area contributed by atoms with E-state index in [2.05, 4.69) is 26.1 Å². The van der Waals surface area contributed by atoms with Gasteiger partial charge in [-0.1, -0.05) is 0 Å². The van der Waals surface area contributed by atoms with Crippen LogP contribution >= 0.6 is 11.8 Å². The van der Waals surface area contributed by atoms with Gasteiger partial charge in [-0.05, 0) is 49.3 Å². The minimum Gasteiger partial charge on any atom is -0.348 e. The Labute approximate surface area is 159 Å². The number of benzene rings is 1. The van der Waals surface area contributed by atoms with Gasteiger partial charge in [0.25, 0.3) is 11.8 Å². The number of hydrogen-bond donors (Lipinski definition) is 3. The second-order valence-electron chi connectivity index (χ2n) is 6.55. The predicted octanol–water partition coefficient (Wildman–Crippen LogP) is 0.707. The molecular formula is C17H18N6O3S. The number of nitrogens with one attached hydrogen (secondary N) is 3. The van der Waals surface area contributed by atoms with E-state index in [9.17, 15) is 14.4 Å². The molecule has 2 aromatic rings. The average molecular weight is 386 g/mol. The van der Waals surface area contributed by atoms with Crippen LogP contribution < -0.4 is 16.0 Å². The van der Waals surface area contributed by atoms with Gasteiger partial charge in [-0.25, -0.2) is 4.79 Å². The highest BCUT2D eigenvalue weighted by Crippen LogP contribution is 2.41. The molecule has 0 unspecified atom stereocenters. The van der Waals surface area contributed by atoms with E-state index in [0.717, 1.165) is 23.4 Å². The molecule has 3 N–H and O–H groups in total. The van der Waals surface area contributed by atoms with Crippen LogP contribution in [0.15, 0.2) is 35.4 Å². The normalized spacial score (nSPS) is 21.7. The molecule has 9 nitrogen and oxygen atoms in total. The average Bonchev–Trinajstić information content (AvgIpc) is 3.33. The van der Waals surface area contributed by atoms with Crippen molar-refractivity contribution in [3.05, 3.63) is 36.2 Å². The summed E-state index contributed by atoms with van der Waals surface area (Å²) in [7, 11) is 0. The summed E-state index contributed by atoms with van der Waals surface area (Å²) in [6.07, 6.45) is 5.04. The zero-order valence-corrected chi connectivity index (χ0v) is 15.4. The highest BCUT2D eigenvalue weighted by atomic mass is 32.2. The summed E-state index contributed by atoms with van der Waals surface area (Å²) in [6.45, 7) is 0.0172. The molecule has 0 bridgehead atoms. The van der Waals surface area contributed by atoms with Crippen molar-refractivity contribution in [3.63, 3.8) is 0 Å². The molecule has 1 aliphatic heterocycles. The Morgan fingerprint density at radius 3 is 2.67 bits per heavy atom. The number of carbonyl (C=O) groups is 3. The minimum absolute atomic E-state index is 0.0172. The van der Waals surface area contributed by atoms with Crippen molar-refractivity contribution in [2.45, 2.75) is 23.3 Å². The Balaban J connectivity index is 1.45. The Kier molecular flexibility index (Phi) is 4.34. The van der Waals surface area contributed by atoms with E-state index < -0.39 is 23.4 Å². The van der Waals surface area contributed by atoms with Gasteiger partial charge in [0.2, 0.25) is 0 Å². The van der Waals surface area contributed by atoms with Gasteiger partial charge in [0.05, 0.1) is 18.4 Å². The van der Waals surface area contributed by atoms with Crippen molar-refractivity contribution in [1.82, 2.24) is 30.9 Å². The molecular weight excluding hydrogens is 368 g/mol. The molecule has 4 amide bonds. The van der Waals surface area contributed by atoms with Gasteiger partial charge < -0.3 is 10.6 Å². The first kappa shape index (κ1) is 17.5. The number of aromatic nitrogens is 3. The first-order valence-corrected chi connectivity index (χ1v) is 9.73. The quantitative estimate of drug-likeness (QED) is 0.497. The molecule has 1 atom stereocenters. The molecule has 10 heteroatoms. The molecule has 1 saturated heterocycles. The summed E-state index contributed by atoms with van der Waals surface area (Å²) >= 11 is 1.63. The minimum atomic E-state index is -1.07. The van der Waals surface area contributed by atoms with Gasteiger partial charge in [-0.15, -0.1) is 16.9 Å². The predicted molar refractivity (Wildman–Crippen MR) is 97.6 cm³/mol. The van der Waals surface area contributed by atoms with Crippen LogP contribution in [0.3, 0.4) is 0 Å². The Bertz CT molecular complexity index is 908. The van der Waals surface area contributed by atoms with Gasteiger partial charge in [-0.2, -0.15) is 9.90 Å². The summed E-state index contributed by atoms with van der Waals surface area (Å²) in [6, 6.07) is 7.11. The summed E-state index contributed by atoms with van der Waals surface area (Å²) in [5.41, 5.74) is -0.195. The summed E-state index contributed by atoms with van der Waals surface area (Å²) < 4.78 is 0. The molecule has 0 radical (unpaired) electrons. The summed E-state index contributed by atoms with van der Waals surface area (Å²) in [4.78, 5) is 38.7. The lowest BCUT2D eigenvalue weighted by atomic mass is 9.93. The van der Waals surface area contributed by atoms with Crippen LogP contribution in [0.4, 0.5) is 4.79 Å². The third kappa shape index (κ3) is 3.27. The zero-order chi connectivity index (χ0) is 19.0. The van der Waals surface area contributed by atoms with Gasteiger partial charge in [0.1, 0.15) is 5.54 Å². The summed E-state index contributed by atoms with van der Waals surface area (Å²) in [5.74, 6) is -0.807. The van der Waals surface area contributed by atoms with Crippen molar-refractivity contribution in [1.29, 1.82) is 0 Å². The molecule has 2 fully saturated rings. The van der Waals surface area contributed by atoms with Gasteiger partial charge in [-0.3, -0.25) is 14.9 Å². The molecule has 1 saturated carbocycles. The standard InChI is InChI=1S/C17H18N6O3S/c1-27-12-6-4-11(5-7-12)23-19-8-13(22-23)14(24)18-9-17(10-2-3-10)15(25)20-16(26)21-17/h4-8,10H,2-3,9H2,1H3,(H,18,24)(H2,20,21,25,26)/t17-/m0/s1. The summed E-state index contributed by atoms with van der Waals surface area (Å²) in [5, 5.41) is 15.9. The van der Waals surface area contributed by atoms with Crippen molar-refractivity contribution < 1.29 is 14.4 Å².